The minimum absolute atomic E-state index is 0.0640. The first-order valence-corrected chi connectivity index (χ1v) is 9.85. The Bertz CT molecular complexity index is 903. The number of amides is 1. The Morgan fingerprint density at radius 3 is 2.59 bits per heavy atom. The number of thioether (sulfide) groups is 1. The number of hydrogen-bond donors (Lipinski definition) is 1. The minimum atomic E-state index is -4.53. The summed E-state index contributed by atoms with van der Waals surface area (Å²) >= 11 is 2.68. The van der Waals surface area contributed by atoms with E-state index in [0.717, 1.165) is 10.9 Å². The molecule has 1 aliphatic rings. The van der Waals surface area contributed by atoms with Crippen LogP contribution in [0.1, 0.15) is 24.3 Å². The number of rotatable bonds is 4. The van der Waals surface area contributed by atoms with Crippen LogP contribution in [0.3, 0.4) is 0 Å². The third-order valence-corrected chi connectivity index (χ3v) is 5.41. The molecule has 0 saturated heterocycles. The zero-order valence-electron chi connectivity index (χ0n) is 14.5. The molecule has 0 unspecified atom stereocenters. The zero-order chi connectivity index (χ0) is 19.7. The van der Waals surface area contributed by atoms with Crippen LogP contribution in [0.5, 0.6) is 0 Å². The van der Waals surface area contributed by atoms with E-state index in [9.17, 15) is 18.0 Å². The first kappa shape index (κ1) is 19.6. The fourth-order valence-corrected chi connectivity index (χ4v) is 4.18. The number of thiophene rings is 1. The molecule has 1 amide bonds. The van der Waals surface area contributed by atoms with E-state index in [1.54, 1.807) is 0 Å². The van der Waals surface area contributed by atoms with Crippen LogP contribution < -0.4 is 5.32 Å². The van der Waals surface area contributed by atoms with Crippen molar-refractivity contribution in [3.8, 4) is 0 Å². The first-order valence-electron chi connectivity index (χ1n) is 7.98. The van der Waals surface area contributed by atoms with Gasteiger partial charge in [0.05, 0.1) is 21.9 Å². The molecule has 0 saturated carbocycles. The lowest BCUT2D eigenvalue weighted by Gasteiger charge is -2.13. The number of halogens is 3. The summed E-state index contributed by atoms with van der Waals surface area (Å²) < 4.78 is 39.1. The van der Waals surface area contributed by atoms with Gasteiger partial charge >= 0.3 is 6.18 Å². The summed E-state index contributed by atoms with van der Waals surface area (Å²) in [5.41, 5.74) is -1.04. The molecule has 9 heteroatoms. The summed E-state index contributed by atoms with van der Waals surface area (Å²) in [7, 11) is 0. The molecule has 0 spiro atoms. The third kappa shape index (κ3) is 4.78. The molecule has 1 aromatic carbocycles. The van der Waals surface area contributed by atoms with Gasteiger partial charge in [-0.15, -0.1) is 11.3 Å². The zero-order valence-corrected chi connectivity index (χ0v) is 16.1. The predicted molar refractivity (Wildman–Crippen MR) is 105 cm³/mol. The molecule has 27 heavy (non-hydrogen) atoms. The van der Waals surface area contributed by atoms with Gasteiger partial charge in [-0.1, -0.05) is 30.0 Å². The van der Waals surface area contributed by atoms with Crippen molar-refractivity contribution in [3.05, 3.63) is 52.2 Å². The van der Waals surface area contributed by atoms with Crippen molar-refractivity contribution >= 4 is 45.4 Å². The van der Waals surface area contributed by atoms with Crippen molar-refractivity contribution in [2.75, 3.05) is 11.1 Å². The number of nitrogens with zero attached hydrogens (tertiary/aromatic N) is 2. The lowest BCUT2D eigenvalue weighted by Crippen LogP contribution is -2.20. The van der Waals surface area contributed by atoms with Crippen LogP contribution >= 0.6 is 23.1 Å². The number of carbonyl (C=O) groups excluding carboxylic acids is 1. The Morgan fingerprint density at radius 1 is 1.19 bits per heavy atom. The number of carbonyl (C=O) groups is 1. The van der Waals surface area contributed by atoms with E-state index in [1.807, 2.05) is 31.4 Å². The molecule has 1 aliphatic heterocycles. The molecule has 3 rings (SSSR count). The summed E-state index contributed by atoms with van der Waals surface area (Å²) in [6.07, 6.45) is -4.53. The predicted octanol–water partition coefficient (Wildman–Crippen LogP) is 5.08. The number of benzene rings is 1. The normalized spacial score (nSPS) is 16.0. The Labute approximate surface area is 162 Å². The van der Waals surface area contributed by atoms with Gasteiger partial charge in [0.2, 0.25) is 5.91 Å². The van der Waals surface area contributed by atoms with Crippen molar-refractivity contribution in [2.24, 2.45) is 9.98 Å². The largest absolute Gasteiger partial charge is 0.418 e. The highest BCUT2D eigenvalue weighted by molar-refractivity contribution is 8.16. The average Bonchev–Trinajstić information content (AvgIpc) is 3.19. The van der Waals surface area contributed by atoms with Crippen LogP contribution in [-0.4, -0.2) is 28.1 Å². The van der Waals surface area contributed by atoms with E-state index in [1.165, 1.54) is 41.3 Å². The van der Waals surface area contributed by atoms with Crippen molar-refractivity contribution in [3.63, 3.8) is 0 Å². The van der Waals surface area contributed by atoms with Gasteiger partial charge in [0.1, 0.15) is 16.4 Å². The number of anilines is 1. The van der Waals surface area contributed by atoms with Crippen molar-refractivity contribution in [2.45, 2.75) is 25.7 Å². The van der Waals surface area contributed by atoms with Crippen molar-refractivity contribution < 1.29 is 18.0 Å². The lowest BCUT2D eigenvalue weighted by atomic mass is 10.1. The van der Waals surface area contributed by atoms with Gasteiger partial charge in [-0.3, -0.25) is 9.79 Å². The number of aliphatic imine (C=N–C) groups is 2. The molecule has 142 valence electrons. The minimum Gasteiger partial charge on any atom is -0.325 e. The Kier molecular flexibility index (Phi) is 5.43. The van der Waals surface area contributed by atoms with Crippen LogP contribution in [0.25, 0.3) is 0 Å². The van der Waals surface area contributed by atoms with E-state index in [0.29, 0.717) is 10.8 Å². The van der Waals surface area contributed by atoms with Gasteiger partial charge in [-0.05, 0) is 37.4 Å². The highest BCUT2D eigenvalue weighted by Crippen LogP contribution is 2.34. The lowest BCUT2D eigenvalue weighted by molar-refractivity contribution is -0.137. The monoisotopic (exact) mass is 411 g/mol. The second kappa shape index (κ2) is 7.47. The average molecular weight is 411 g/mol. The SMILES string of the molecule is CC1(C)N=C(SCC(=O)Nc2ccccc2C(F)(F)F)C(c2cccs2)=N1. The summed E-state index contributed by atoms with van der Waals surface area (Å²) in [5, 5.41) is 4.87. The maximum absolute atomic E-state index is 13.0. The van der Waals surface area contributed by atoms with Gasteiger partial charge in [-0.2, -0.15) is 13.2 Å². The number of alkyl halides is 3. The van der Waals surface area contributed by atoms with E-state index in [-0.39, 0.29) is 11.4 Å². The van der Waals surface area contributed by atoms with E-state index < -0.39 is 23.3 Å². The molecule has 0 atom stereocenters. The Hall–Kier alpha value is -2.13. The second-order valence-electron chi connectivity index (χ2n) is 6.23. The topological polar surface area (TPSA) is 53.8 Å². The summed E-state index contributed by atoms with van der Waals surface area (Å²) in [6.45, 7) is 3.71. The Morgan fingerprint density at radius 2 is 1.93 bits per heavy atom. The fourth-order valence-electron chi connectivity index (χ4n) is 2.48. The summed E-state index contributed by atoms with van der Waals surface area (Å²) in [5.74, 6) is -0.597. The highest BCUT2D eigenvalue weighted by Gasteiger charge is 2.34. The van der Waals surface area contributed by atoms with Gasteiger partial charge in [0.15, 0.2) is 0 Å². The maximum Gasteiger partial charge on any atom is 0.418 e. The molecule has 4 nitrogen and oxygen atoms in total. The van der Waals surface area contributed by atoms with Gasteiger partial charge in [-0.25, -0.2) is 4.99 Å². The van der Waals surface area contributed by atoms with E-state index in [2.05, 4.69) is 15.3 Å². The second-order valence-corrected chi connectivity index (χ2v) is 8.14. The summed E-state index contributed by atoms with van der Waals surface area (Å²) in [4.78, 5) is 22.2. The Balaban J connectivity index is 1.69. The maximum atomic E-state index is 13.0. The number of nitrogens with one attached hydrogen (secondary N) is 1. The molecule has 2 aromatic rings. The van der Waals surface area contributed by atoms with Gasteiger partial charge < -0.3 is 5.32 Å². The molecular weight excluding hydrogens is 395 g/mol. The molecule has 1 N–H and O–H groups in total. The van der Waals surface area contributed by atoms with Crippen molar-refractivity contribution in [1.29, 1.82) is 0 Å². The molecule has 2 heterocycles. The molecule has 0 fully saturated rings. The third-order valence-electron chi connectivity index (χ3n) is 3.56. The van der Waals surface area contributed by atoms with E-state index in [4.69, 9.17) is 0 Å². The van der Waals surface area contributed by atoms with Crippen LogP contribution in [0.2, 0.25) is 0 Å². The van der Waals surface area contributed by atoms with Crippen LogP contribution in [0.15, 0.2) is 51.8 Å². The van der Waals surface area contributed by atoms with Crippen LogP contribution in [0, 0.1) is 0 Å². The van der Waals surface area contributed by atoms with Crippen molar-refractivity contribution in [1.82, 2.24) is 0 Å². The number of hydrogen-bond acceptors (Lipinski definition) is 5. The van der Waals surface area contributed by atoms with Gasteiger partial charge in [0, 0.05) is 0 Å². The van der Waals surface area contributed by atoms with Gasteiger partial charge in [0.25, 0.3) is 0 Å². The molecule has 0 radical (unpaired) electrons. The fraction of sp³-hybridized carbons (Fsp3) is 0.278. The smallest absolute Gasteiger partial charge is 0.325 e. The first-order chi connectivity index (χ1) is 12.7. The highest BCUT2D eigenvalue weighted by atomic mass is 32.2. The molecule has 1 aromatic heterocycles. The quantitative estimate of drug-likeness (QED) is 0.763. The van der Waals surface area contributed by atoms with Crippen LogP contribution in [0.4, 0.5) is 18.9 Å². The molecular formula is C18H16F3N3OS2. The summed E-state index contributed by atoms with van der Waals surface area (Å²) in [6, 6.07) is 8.72. The number of para-hydroxylation sites is 1. The standard InChI is InChI=1S/C18H16F3N3OS2/c1-17(2)23-15(13-8-5-9-26-13)16(24-17)27-10-14(25)22-12-7-4-3-6-11(12)18(19,20)21/h3-9H,10H2,1-2H3,(H,22,25). The molecule has 0 aliphatic carbocycles. The van der Waals surface area contributed by atoms with E-state index >= 15 is 0 Å². The van der Waals surface area contributed by atoms with Crippen LogP contribution in [-0.2, 0) is 11.0 Å². The molecule has 0 bridgehead atoms.